The Morgan fingerprint density at radius 1 is 1.16 bits per heavy atom. The largest absolute Gasteiger partial charge is 0.493 e. The predicted molar refractivity (Wildman–Crippen MR) is 121 cm³/mol. The molecular weight excluding hydrogens is 393 g/mol. The van der Waals surface area contributed by atoms with Crippen molar-refractivity contribution in [3.8, 4) is 5.75 Å². The standard InChI is InChI=1S/C25H34FN3O2/c1-19(2)18-31-24-12-8-20(9-13-24)15-27-25(30)29(23-5-4-14-28(3)17-23)16-21-6-10-22(26)11-7-21/h6-13,19,23H,4-5,14-18H2,1-3H3,(H,27,30)/t23-/m0/s1. The SMILES string of the molecule is CC(C)COc1ccc(CNC(=O)N(Cc2ccc(F)cc2)[C@H]2CCCN(C)C2)cc1. The molecule has 6 heteroatoms. The van der Waals surface area contributed by atoms with Crippen molar-refractivity contribution < 1.29 is 13.9 Å². The number of ether oxygens (including phenoxy) is 1. The second-order valence-electron chi connectivity index (χ2n) is 8.82. The summed E-state index contributed by atoms with van der Waals surface area (Å²) in [5.41, 5.74) is 1.95. The van der Waals surface area contributed by atoms with Gasteiger partial charge in [0.2, 0.25) is 0 Å². The summed E-state index contributed by atoms with van der Waals surface area (Å²) in [6.45, 7) is 7.73. The number of piperidine rings is 1. The highest BCUT2D eigenvalue weighted by Gasteiger charge is 2.27. The lowest BCUT2D eigenvalue weighted by atomic mass is 10.0. The van der Waals surface area contributed by atoms with Crippen LogP contribution in [0.15, 0.2) is 48.5 Å². The lowest BCUT2D eigenvalue weighted by molar-refractivity contribution is 0.120. The van der Waals surface area contributed by atoms with Crippen molar-refractivity contribution in [3.05, 3.63) is 65.5 Å². The molecular formula is C25H34FN3O2. The third-order valence-electron chi connectivity index (χ3n) is 5.52. The van der Waals surface area contributed by atoms with Crippen LogP contribution >= 0.6 is 0 Å². The minimum atomic E-state index is -0.266. The summed E-state index contributed by atoms with van der Waals surface area (Å²) >= 11 is 0. The van der Waals surface area contributed by atoms with E-state index in [9.17, 15) is 9.18 Å². The van der Waals surface area contributed by atoms with Crippen LogP contribution in [0.4, 0.5) is 9.18 Å². The van der Waals surface area contributed by atoms with Crippen molar-refractivity contribution in [2.45, 2.75) is 45.8 Å². The van der Waals surface area contributed by atoms with Gasteiger partial charge in [-0.25, -0.2) is 9.18 Å². The molecule has 0 bridgehead atoms. The molecule has 1 atom stereocenters. The first-order valence-corrected chi connectivity index (χ1v) is 11.1. The Bertz CT molecular complexity index is 824. The van der Waals surface area contributed by atoms with Crippen LogP contribution in [0.5, 0.6) is 5.75 Å². The molecule has 1 aliphatic heterocycles. The van der Waals surface area contributed by atoms with Gasteiger partial charge in [0.1, 0.15) is 11.6 Å². The van der Waals surface area contributed by atoms with Gasteiger partial charge in [-0.05, 0) is 67.7 Å². The molecule has 0 radical (unpaired) electrons. The zero-order valence-corrected chi connectivity index (χ0v) is 18.8. The van der Waals surface area contributed by atoms with Crippen LogP contribution in [0.1, 0.15) is 37.8 Å². The predicted octanol–water partition coefficient (Wildman–Crippen LogP) is 4.67. The molecule has 168 valence electrons. The average molecular weight is 428 g/mol. The normalized spacial score (nSPS) is 16.9. The second kappa shape index (κ2) is 11.1. The van der Waals surface area contributed by atoms with Gasteiger partial charge in [-0.3, -0.25) is 0 Å². The lowest BCUT2D eigenvalue weighted by Crippen LogP contribution is -2.51. The van der Waals surface area contributed by atoms with Crippen molar-refractivity contribution in [2.75, 3.05) is 26.7 Å². The molecule has 0 spiro atoms. The first kappa shape index (κ1) is 23.1. The number of benzene rings is 2. The maximum absolute atomic E-state index is 13.3. The smallest absolute Gasteiger partial charge is 0.318 e. The van der Waals surface area contributed by atoms with Crippen LogP contribution in [-0.4, -0.2) is 48.6 Å². The number of halogens is 1. The van der Waals surface area contributed by atoms with Gasteiger partial charge >= 0.3 is 6.03 Å². The van der Waals surface area contributed by atoms with E-state index in [1.807, 2.05) is 29.2 Å². The molecule has 3 rings (SSSR count). The number of carbonyl (C=O) groups is 1. The monoisotopic (exact) mass is 427 g/mol. The topological polar surface area (TPSA) is 44.8 Å². The van der Waals surface area contributed by atoms with Gasteiger partial charge in [-0.1, -0.05) is 38.1 Å². The summed E-state index contributed by atoms with van der Waals surface area (Å²) in [5, 5.41) is 3.07. The van der Waals surface area contributed by atoms with Crippen molar-refractivity contribution in [2.24, 2.45) is 5.92 Å². The Morgan fingerprint density at radius 2 is 1.84 bits per heavy atom. The van der Waals surface area contributed by atoms with E-state index < -0.39 is 0 Å². The molecule has 1 fully saturated rings. The van der Waals surface area contributed by atoms with Crippen LogP contribution in [0, 0.1) is 11.7 Å². The number of nitrogens with one attached hydrogen (secondary N) is 1. The average Bonchev–Trinajstić information content (AvgIpc) is 2.76. The summed E-state index contributed by atoms with van der Waals surface area (Å²) < 4.78 is 19.0. The Hall–Kier alpha value is -2.60. The first-order chi connectivity index (χ1) is 14.9. The number of likely N-dealkylation sites (N-methyl/N-ethyl adjacent to an activating group) is 1. The van der Waals surface area contributed by atoms with Crippen LogP contribution in [0.2, 0.25) is 0 Å². The number of hydrogen-bond acceptors (Lipinski definition) is 3. The fourth-order valence-corrected chi connectivity index (χ4v) is 3.79. The van der Waals surface area contributed by atoms with E-state index in [-0.39, 0.29) is 17.9 Å². The van der Waals surface area contributed by atoms with Crippen LogP contribution < -0.4 is 10.1 Å². The van der Waals surface area contributed by atoms with Crippen molar-refractivity contribution in [3.63, 3.8) is 0 Å². The van der Waals surface area contributed by atoms with Gasteiger partial charge in [-0.15, -0.1) is 0 Å². The highest BCUT2D eigenvalue weighted by molar-refractivity contribution is 5.74. The van der Waals surface area contributed by atoms with Crippen LogP contribution in [0.3, 0.4) is 0 Å². The Labute approximate surface area is 185 Å². The van der Waals surface area contributed by atoms with Gasteiger partial charge in [-0.2, -0.15) is 0 Å². The molecule has 1 heterocycles. The zero-order chi connectivity index (χ0) is 22.2. The zero-order valence-electron chi connectivity index (χ0n) is 18.8. The maximum Gasteiger partial charge on any atom is 0.318 e. The molecule has 1 aliphatic rings. The minimum Gasteiger partial charge on any atom is -0.493 e. The van der Waals surface area contributed by atoms with Gasteiger partial charge in [0.15, 0.2) is 0 Å². The molecule has 5 nitrogen and oxygen atoms in total. The quantitative estimate of drug-likeness (QED) is 0.666. The Kier molecular flexibility index (Phi) is 8.29. The van der Waals surface area contributed by atoms with Crippen LogP contribution in [0.25, 0.3) is 0 Å². The van der Waals surface area contributed by atoms with Gasteiger partial charge in [0.25, 0.3) is 0 Å². The van der Waals surface area contributed by atoms with E-state index in [0.717, 1.165) is 42.8 Å². The fraction of sp³-hybridized carbons (Fsp3) is 0.480. The second-order valence-corrected chi connectivity index (χ2v) is 8.82. The summed E-state index contributed by atoms with van der Waals surface area (Å²) in [7, 11) is 2.09. The van der Waals surface area contributed by atoms with Gasteiger partial charge < -0.3 is 19.9 Å². The van der Waals surface area contributed by atoms with E-state index in [0.29, 0.717) is 25.6 Å². The number of urea groups is 1. The third kappa shape index (κ3) is 7.24. The third-order valence-corrected chi connectivity index (χ3v) is 5.52. The lowest BCUT2D eigenvalue weighted by Gasteiger charge is -2.38. The van der Waals surface area contributed by atoms with Gasteiger partial charge in [0.05, 0.1) is 6.61 Å². The molecule has 2 amide bonds. The molecule has 1 saturated heterocycles. The number of rotatable bonds is 8. The van der Waals surface area contributed by atoms with E-state index in [4.69, 9.17) is 4.74 Å². The first-order valence-electron chi connectivity index (χ1n) is 11.1. The van der Waals surface area contributed by atoms with E-state index in [1.165, 1.54) is 12.1 Å². The highest BCUT2D eigenvalue weighted by atomic mass is 19.1. The Balaban J connectivity index is 1.62. The molecule has 2 aromatic carbocycles. The molecule has 0 saturated carbocycles. The number of carbonyl (C=O) groups excluding carboxylic acids is 1. The molecule has 0 aliphatic carbocycles. The minimum absolute atomic E-state index is 0.0928. The van der Waals surface area contributed by atoms with Crippen molar-refractivity contribution in [1.82, 2.24) is 15.1 Å². The summed E-state index contributed by atoms with van der Waals surface area (Å²) in [6, 6.07) is 14.3. The summed E-state index contributed by atoms with van der Waals surface area (Å²) in [4.78, 5) is 17.3. The van der Waals surface area contributed by atoms with Gasteiger partial charge in [0, 0.05) is 25.7 Å². The van der Waals surface area contributed by atoms with E-state index in [2.05, 4.69) is 31.1 Å². The molecule has 0 aromatic heterocycles. The molecule has 1 N–H and O–H groups in total. The maximum atomic E-state index is 13.3. The highest BCUT2D eigenvalue weighted by Crippen LogP contribution is 2.19. The number of hydrogen-bond donors (Lipinski definition) is 1. The number of nitrogens with zero attached hydrogens (tertiary/aromatic N) is 2. The molecule has 0 unspecified atom stereocenters. The molecule has 31 heavy (non-hydrogen) atoms. The van der Waals surface area contributed by atoms with E-state index >= 15 is 0 Å². The van der Waals surface area contributed by atoms with E-state index in [1.54, 1.807) is 12.1 Å². The number of amides is 2. The van der Waals surface area contributed by atoms with Crippen LogP contribution in [-0.2, 0) is 13.1 Å². The van der Waals surface area contributed by atoms with Crippen molar-refractivity contribution in [1.29, 1.82) is 0 Å². The number of likely N-dealkylation sites (tertiary alicyclic amines) is 1. The summed E-state index contributed by atoms with van der Waals surface area (Å²) in [6.07, 6.45) is 2.03. The van der Waals surface area contributed by atoms with Crippen molar-refractivity contribution >= 4 is 6.03 Å². The Morgan fingerprint density at radius 3 is 2.48 bits per heavy atom. The molecule has 2 aromatic rings. The summed E-state index contributed by atoms with van der Waals surface area (Å²) in [5.74, 6) is 1.05. The fourth-order valence-electron chi connectivity index (χ4n) is 3.79.